The van der Waals surface area contributed by atoms with Gasteiger partial charge in [0.2, 0.25) is 0 Å². The molecule has 2 aromatic carbocycles. The number of hydrogen-bond acceptors (Lipinski definition) is 5. The van der Waals surface area contributed by atoms with E-state index in [-0.39, 0.29) is 10.6 Å². The van der Waals surface area contributed by atoms with Crippen molar-refractivity contribution in [2.45, 2.75) is 25.3 Å². The minimum atomic E-state index is -3.91. The highest BCUT2D eigenvalue weighted by molar-refractivity contribution is 7.87. The summed E-state index contributed by atoms with van der Waals surface area (Å²) in [6.45, 7) is 4.73. The summed E-state index contributed by atoms with van der Waals surface area (Å²) in [6.07, 6.45) is 3.75. The van der Waals surface area contributed by atoms with Crippen LogP contribution in [0.5, 0.6) is 11.5 Å². The lowest BCUT2D eigenvalue weighted by Gasteiger charge is -2.11. The molecule has 0 bridgehead atoms. The summed E-state index contributed by atoms with van der Waals surface area (Å²) >= 11 is 0. The molecule has 0 saturated carbocycles. The molecule has 0 spiro atoms. The molecule has 0 amide bonds. The maximum Gasteiger partial charge on any atom is 0.339 e. The van der Waals surface area contributed by atoms with Gasteiger partial charge in [-0.1, -0.05) is 12.1 Å². The Morgan fingerprint density at radius 1 is 0.929 bits per heavy atom. The summed E-state index contributed by atoms with van der Waals surface area (Å²) < 4.78 is 38.1. The van der Waals surface area contributed by atoms with E-state index in [2.05, 4.69) is 0 Å². The van der Waals surface area contributed by atoms with Crippen LogP contribution < -0.4 is 19.2 Å². The monoisotopic (exact) mass is 399 g/mol. The Morgan fingerprint density at radius 2 is 1.64 bits per heavy atom. The zero-order valence-corrected chi connectivity index (χ0v) is 16.6. The molecule has 2 N–H and O–H groups in total. The van der Waals surface area contributed by atoms with Gasteiger partial charge in [0, 0.05) is 23.9 Å². The highest BCUT2D eigenvalue weighted by atomic mass is 32.2. The first-order valence-corrected chi connectivity index (χ1v) is 10.2. The van der Waals surface area contributed by atoms with Gasteiger partial charge in [0.1, 0.15) is 23.0 Å². The van der Waals surface area contributed by atoms with Crippen LogP contribution in [-0.4, -0.2) is 15.0 Å². The zero-order chi connectivity index (χ0) is 20.1. The van der Waals surface area contributed by atoms with Crippen LogP contribution in [0.15, 0.2) is 71.9 Å². The molecule has 0 aliphatic rings. The third-order valence-electron chi connectivity index (χ3n) is 4.04. The normalized spacial score (nSPS) is 11.2. The van der Waals surface area contributed by atoms with Crippen molar-refractivity contribution in [3.8, 4) is 11.5 Å². The fourth-order valence-corrected chi connectivity index (χ4v) is 3.70. The van der Waals surface area contributed by atoms with Crippen LogP contribution in [0.2, 0.25) is 0 Å². The molecule has 3 aromatic rings. The van der Waals surface area contributed by atoms with Crippen molar-refractivity contribution in [2.24, 2.45) is 0 Å². The number of pyridine rings is 1. The molecular formula is C21H23N2O4S+. The lowest BCUT2D eigenvalue weighted by Crippen LogP contribution is -2.35. The molecule has 0 saturated heterocycles. The van der Waals surface area contributed by atoms with Crippen LogP contribution in [0.1, 0.15) is 11.1 Å². The van der Waals surface area contributed by atoms with Crippen molar-refractivity contribution in [3.63, 3.8) is 0 Å². The van der Waals surface area contributed by atoms with Crippen LogP contribution in [0.3, 0.4) is 0 Å². The molecule has 0 radical (unpaired) electrons. The molecule has 1 aromatic heterocycles. The highest BCUT2D eigenvalue weighted by Crippen LogP contribution is 2.26. The van der Waals surface area contributed by atoms with E-state index in [1.165, 1.54) is 6.07 Å². The van der Waals surface area contributed by atoms with E-state index < -0.39 is 10.1 Å². The van der Waals surface area contributed by atoms with Crippen LogP contribution in [0, 0.1) is 13.8 Å². The average molecular weight is 399 g/mol. The fraction of sp³-hybridized carbons (Fsp3) is 0.190. The Morgan fingerprint density at radius 3 is 2.36 bits per heavy atom. The van der Waals surface area contributed by atoms with E-state index in [0.717, 1.165) is 11.1 Å². The molecule has 0 fully saturated rings. The van der Waals surface area contributed by atoms with E-state index >= 15 is 0 Å². The Kier molecular flexibility index (Phi) is 5.84. The third-order valence-corrected chi connectivity index (χ3v) is 5.29. The van der Waals surface area contributed by atoms with Gasteiger partial charge >= 0.3 is 10.1 Å². The lowest BCUT2D eigenvalue weighted by molar-refractivity contribution is -0.697. The van der Waals surface area contributed by atoms with E-state index in [1.54, 1.807) is 24.3 Å². The van der Waals surface area contributed by atoms with E-state index in [9.17, 15) is 8.42 Å². The van der Waals surface area contributed by atoms with Gasteiger partial charge in [-0.15, -0.1) is 0 Å². The molecule has 0 aliphatic carbocycles. The van der Waals surface area contributed by atoms with Gasteiger partial charge in [0.05, 0.1) is 0 Å². The molecule has 3 rings (SSSR count). The minimum Gasteiger partial charge on any atom is -0.487 e. The highest BCUT2D eigenvalue weighted by Gasteiger charge is 2.17. The summed E-state index contributed by atoms with van der Waals surface area (Å²) in [6, 6.07) is 15.3. The quantitative estimate of drug-likeness (QED) is 0.488. The van der Waals surface area contributed by atoms with Crippen LogP contribution >= 0.6 is 0 Å². The smallest absolute Gasteiger partial charge is 0.339 e. The van der Waals surface area contributed by atoms with Crippen molar-refractivity contribution < 1.29 is 21.9 Å². The Balaban J connectivity index is 1.69. The lowest BCUT2D eigenvalue weighted by atomic mass is 10.2. The van der Waals surface area contributed by atoms with Gasteiger partial charge in [-0.05, 0) is 49.2 Å². The van der Waals surface area contributed by atoms with E-state index in [4.69, 9.17) is 14.7 Å². The first kappa shape index (κ1) is 19.7. The van der Waals surface area contributed by atoms with Gasteiger partial charge in [-0.3, -0.25) is 0 Å². The maximum absolute atomic E-state index is 12.5. The molecular weight excluding hydrogens is 376 g/mol. The van der Waals surface area contributed by atoms with Crippen LogP contribution in [0.25, 0.3) is 0 Å². The van der Waals surface area contributed by atoms with Crippen molar-refractivity contribution in [3.05, 3.63) is 78.1 Å². The number of nitrogens with zero attached hydrogens (tertiary/aromatic N) is 1. The number of nitrogens with two attached hydrogens (primary N) is 1. The molecule has 0 atom stereocenters. The third kappa shape index (κ3) is 5.23. The van der Waals surface area contributed by atoms with Gasteiger partial charge in [0.25, 0.3) is 0 Å². The molecule has 1 heterocycles. The topological polar surface area (TPSA) is 82.5 Å². The van der Waals surface area contributed by atoms with Crippen molar-refractivity contribution in [2.75, 3.05) is 12.3 Å². The van der Waals surface area contributed by atoms with E-state index in [0.29, 0.717) is 24.6 Å². The number of aromatic nitrogens is 1. The molecule has 6 nitrogen and oxygen atoms in total. The Labute approximate surface area is 165 Å². The summed E-state index contributed by atoms with van der Waals surface area (Å²) in [5.41, 5.74) is 8.06. The van der Waals surface area contributed by atoms with Crippen LogP contribution in [-0.2, 0) is 16.7 Å². The molecule has 146 valence electrons. The first-order chi connectivity index (χ1) is 13.3. The van der Waals surface area contributed by atoms with Crippen LogP contribution in [0.4, 0.5) is 5.69 Å². The summed E-state index contributed by atoms with van der Waals surface area (Å²) in [7, 11) is -3.91. The largest absolute Gasteiger partial charge is 0.487 e. The standard InChI is InChI=1S/C21H22N2O4S/c1-16-4-3-5-21(14-16)28(24,25)27-20-13-17(2)12-19(15-20)26-11-10-23-8-6-18(22)7-9-23/h3-9,12-15,22H,10-11H2,1-2H3/p+1. The zero-order valence-electron chi connectivity index (χ0n) is 15.8. The van der Waals surface area contributed by atoms with Crippen molar-refractivity contribution in [1.82, 2.24) is 0 Å². The Bertz CT molecular complexity index is 1060. The van der Waals surface area contributed by atoms with Crippen molar-refractivity contribution >= 4 is 15.8 Å². The van der Waals surface area contributed by atoms with Gasteiger partial charge in [-0.25, -0.2) is 4.57 Å². The molecule has 28 heavy (non-hydrogen) atoms. The second-order valence-corrected chi connectivity index (χ2v) is 8.10. The predicted octanol–water partition coefficient (Wildman–Crippen LogP) is 3.02. The summed E-state index contributed by atoms with van der Waals surface area (Å²) in [4.78, 5) is 0.122. The number of aryl methyl sites for hydroxylation is 2. The predicted molar refractivity (Wildman–Crippen MR) is 107 cm³/mol. The summed E-state index contributed by atoms with van der Waals surface area (Å²) in [5, 5.41) is 0. The number of benzene rings is 2. The second-order valence-electron chi connectivity index (χ2n) is 6.55. The molecule has 0 aliphatic heterocycles. The number of nitrogen functional groups attached to an aromatic ring is 1. The first-order valence-electron chi connectivity index (χ1n) is 8.82. The minimum absolute atomic E-state index is 0.122. The average Bonchev–Trinajstić information content (AvgIpc) is 2.62. The fourth-order valence-electron chi connectivity index (χ4n) is 2.68. The molecule has 7 heteroatoms. The number of rotatable bonds is 7. The van der Waals surface area contributed by atoms with Gasteiger partial charge < -0.3 is 14.7 Å². The van der Waals surface area contributed by atoms with Gasteiger partial charge in [-0.2, -0.15) is 8.42 Å². The number of hydrogen-bond donors (Lipinski definition) is 1. The SMILES string of the molecule is Cc1cc(OCC[n+]2ccc(N)cc2)cc(OS(=O)(=O)c2cccc(C)c2)c1. The maximum atomic E-state index is 12.5. The summed E-state index contributed by atoms with van der Waals surface area (Å²) in [5.74, 6) is 0.766. The van der Waals surface area contributed by atoms with E-state index in [1.807, 2.05) is 55.1 Å². The second kappa shape index (κ2) is 8.31. The number of ether oxygens (including phenoxy) is 1. The van der Waals surface area contributed by atoms with Crippen molar-refractivity contribution in [1.29, 1.82) is 0 Å². The van der Waals surface area contributed by atoms with Gasteiger partial charge in [0.15, 0.2) is 18.9 Å². The Hall–Kier alpha value is -3.06. The number of anilines is 1. The molecule has 0 unspecified atom stereocenters.